The first-order valence-corrected chi connectivity index (χ1v) is 11.2. The lowest BCUT2D eigenvalue weighted by molar-refractivity contribution is -0.385. The standard InChI is InChI=1S/C26H16Cl2N2O6/c27-26(28)25(17-1-9-21(10-2-17)35-23-13-5-19(6-14-23)29(31)32)18-3-11-22(12-4-18)36-24-15-7-20(8-16-24)30(33)34/h1-16H. The van der Waals surface area contributed by atoms with Gasteiger partial charge in [0.05, 0.1) is 9.85 Å². The molecule has 0 saturated carbocycles. The second kappa shape index (κ2) is 10.9. The van der Waals surface area contributed by atoms with Crippen molar-refractivity contribution in [2.24, 2.45) is 0 Å². The summed E-state index contributed by atoms with van der Waals surface area (Å²) in [7, 11) is 0. The molecule has 0 bridgehead atoms. The second-order valence-corrected chi connectivity index (χ2v) is 8.34. The van der Waals surface area contributed by atoms with Gasteiger partial charge in [-0.05, 0) is 59.7 Å². The molecule has 0 aliphatic rings. The summed E-state index contributed by atoms with van der Waals surface area (Å²) in [6.07, 6.45) is 0. The Hall–Kier alpha value is -4.40. The Bertz CT molecular complexity index is 1310. The van der Waals surface area contributed by atoms with Crippen LogP contribution >= 0.6 is 23.2 Å². The molecule has 0 atom stereocenters. The third kappa shape index (κ3) is 5.99. The minimum absolute atomic E-state index is 0.0200. The molecule has 8 nitrogen and oxygen atoms in total. The maximum atomic E-state index is 10.8. The van der Waals surface area contributed by atoms with Gasteiger partial charge < -0.3 is 9.47 Å². The van der Waals surface area contributed by atoms with Gasteiger partial charge in [-0.3, -0.25) is 20.2 Å². The Labute approximate surface area is 215 Å². The van der Waals surface area contributed by atoms with Crippen LogP contribution in [0.2, 0.25) is 0 Å². The second-order valence-electron chi connectivity index (χ2n) is 7.39. The molecule has 180 valence electrons. The molecule has 0 fully saturated rings. The van der Waals surface area contributed by atoms with E-state index in [1.54, 1.807) is 48.5 Å². The van der Waals surface area contributed by atoms with E-state index < -0.39 is 9.85 Å². The summed E-state index contributed by atoms with van der Waals surface area (Å²) >= 11 is 12.4. The summed E-state index contributed by atoms with van der Waals surface area (Å²) in [6.45, 7) is 0. The van der Waals surface area contributed by atoms with Crippen molar-refractivity contribution in [3.8, 4) is 23.0 Å². The predicted molar refractivity (Wildman–Crippen MR) is 137 cm³/mol. The highest BCUT2D eigenvalue weighted by Crippen LogP contribution is 2.34. The smallest absolute Gasteiger partial charge is 0.269 e. The van der Waals surface area contributed by atoms with E-state index >= 15 is 0 Å². The lowest BCUT2D eigenvalue weighted by Crippen LogP contribution is -1.92. The van der Waals surface area contributed by atoms with E-state index in [9.17, 15) is 20.2 Å². The SMILES string of the molecule is O=[N+]([O-])c1ccc(Oc2ccc(C(=C(Cl)Cl)c3ccc(Oc4ccc([N+](=O)[O-])cc4)cc3)cc2)cc1. The number of hydrogen-bond acceptors (Lipinski definition) is 6. The minimum atomic E-state index is -0.476. The van der Waals surface area contributed by atoms with Gasteiger partial charge in [-0.1, -0.05) is 47.5 Å². The molecule has 0 saturated heterocycles. The zero-order valence-corrected chi connectivity index (χ0v) is 19.8. The molecule has 0 N–H and O–H groups in total. The van der Waals surface area contributed by atoms with Gasteiger partial charge in [0.15, 0.2) is 0 Å². The number of non-ortho nitro benzene ring substituents is 2. The van der Waals surface area contributed by atoms with E-state index in [-0.39, 0.29) is 15.9 Å². The number of halogens is 2. The predicted octanol–water partition coefficient (Wildman–Crippen LogP) is 8.28. The summed E-state index contributed by atoms with van der Waals surface area (Å²) in [5.41, 5.74) is 2.05. The van der Waals surface area contributed by atoms with Crippen LogP contribution in [0, 0.1) is 20.2 Å². The molecule has 0 heterocycles. The largest absolute Gasteiger partial charge is 0.457 e. The molecular weight excluding hydrogens is 507 g/mol. The van der Waals surface area contributed by atoms with E-state index in [4.69, 9.17) is 32.7 Å². The lowest BCUT2D eigenvalue weighted by Gasteiger charge is -2.12. The van der Waals surface area contributed by atoms with Crippen molar-refractivity contribution >= 4 is 40.1 Å². The van der Waals surface area contributed by atoms with Crippen molar-refractivity contribution in [1.29, 1.82) is 0 Å². The van der Waals surface area contributed by atoms with Crippen LogP contribution in [0.1, 0.15) is 11.1 Å². The zero-order valence-electron chi connectivity index (χ0n) is 18.3. The molecule has 0 aliphatic carbocycles. The fourth-order valence-electron chi connectivity index (χ4n) is 3.31. The molecular formula is C26H16Cl2N2O6. The number of hydrogen-bond donors (Lipinski definition) is 0. The van der Waals surface area contributed by atoms with Gasteiger partial charge in [-0.15, -0.1) is 0 Å². The van der Waals surface area contributed by atoms with Crippen LogP contribution in [0.5, 0.6) is 23.0 Å². The molecule has 0 spiro atoms. The minimum Gasteiger partial charge on any atom is -0.457 e. The Kier molecular flexibility index (Phi) is 7.48. The van der Waals surface area contributed by atoms with Gasteiger partial charge in [0, 0.05) is 29.8 Å². The first-order chi connectivity index (χ1) is 17.3. The summed E-state index contributed by atoms with van der Waals surface area (Å²) in [5, 5.41) is 21.6. The van der Waals surface area contributed by atoms with Crippen molar-refractivity contribution in [2.45, 2.75) is 0 Å². The molecule has 0 aliphatic heterocycles. The van der Waals surface area contributed by atoms with Crippen molar-refractivity contribution < 1.29 is 19.3 Å². The number of ether oxygens (including phenoxy) is 2. The number of benzene rings is 4. The van der Waals surface area contributed by atoms with Crippen molar-refractivity contribution in [2.75, 3.05) is 0 Å². The molecule has 0 radical (unpaired) electrons. The average Bonchev–Trinajstić information content (AvgIpc) is 2.87. The maximum absolute atomic E-state index is 10.8. The Morgan fingerprint density at radius 1 is 0.528 bits per heavy atom. The Morgan fingerprint density at radius 2 is 0.806 bits per heavy atom. The van der Waals surface area contributed by atoms with E-state index in [2.05, 4.69) is 0 Å². The van der Waals surface area contributed by atoms with Crippen molar-refractivity contribution in [1.82, 2.24) is 0 Å². The van der Waals surface area contributed by atoms with Crippen LogP contribution in [0.4, 0.5) is 11.4 Å². The highest BCUT2D eigenvalue weighted by Gasteiger charge is 2.12. The van der Waals surface area contributed by atoms with Crippen LogP contribution in [-0.2, 0) is 0 Å². The van der Waals surface area contributed by atoms with E-state index in [0.29, 0.717) is 28.6 Å². The fraction of sp³-hybridized carbons (Fsp3) is 0. The quantitative estimate of drug-likeness (QED) is 0.170. The third-order valence-corrected chi connectivity index (χ3v) is 5.42. The first-order valence-electron chi connectivity index (χ1n) is 10.4. The van der Waals surface area contributed by atoms with Crippen LogP contribution < -0.4 is 9.47 Å². The number of rotatable bonds is 8. The van der Waals surface area contributed by atoms with E-state index in [1.165, 1.54) is 48.5 Å². The molecule has 36 heavy (non-hydrogen) atoms. The van der Waals surface area contributed by atoms with Crippen LogP contribution in [0.3, 0.4) is 0 Å². The zero-order chi connectivity index (χ0) is 25.7. The van der Waals surface area contributed by atoms with Gasteiger partial charge in [-0.25, -0.2) is 0 Å². The van der Waals surface area contributed by atoms with Crippen LogP contribution in [-0.4, -0.2) is 9.85 Å². The molecule has 0 aromatic heterocycles. The normalized spacial score (nSPS) is 10.4. The Morgan fingerprint density at radius 3 is 1.06 bits per heavy atom. The summed E-state index contributed by atoms with van der Waals surface area (Å²) in [5.74, 6) is 1.99. The van der Waals surface area contributed by atoms with Crippen LogP contribution in [0.15, 0.2) is 102 Å². The van der Waals surface area contributed by atoms with Gasteiger partial charge in [0.2, 0.25) is 0 Å². The molecule has 4 aromatic rings. The highest BCUT2D eigenvalue weighted by molar-refractivity contribution is 6.59. The van der Waals surface area contributed by atoms with Gasteiger partial charge in [-0.2, -0.15) is 0 Å². The van der Waals surface area contributed by atoms with Gasteiger partial charge >= 0.3 is 0 Å². The molecule has 0 unspecified atom stereocenters. The van der Waals surface area contributed by atoms with Crippen LogP contribution in [0.25, 0.3) is 5.57 Å². The molecule has 4 aromatic carbocycles. The Balaban J connectivity index is 1.48. The topological polar surface area (TPSA) is 105 Å². The highest BCUT2D eigenvalue weighted by atomic mass is 35.5. The number of nitro benzene ring substituents is 2. The van der Waals surface area contributed by atoms with Crippen molar-refractivity contribution in [3.05, 3.63) is 133 Å². The average molecular weight is 523 g/mol. The van der Waals surface area contributed by atoms with Crippen molar-refractivity contribution in [3.63, 3.8) is 0 Å². The third-order valence-electron chi connectivity index (χ3n) is 5.04. The van der Waals surface area contributed by atoms with E-state index in [0.717, 1.165) is 11.1 Å². The van der Waals surface area contributed by atoms with Gasteiger partial charge in [0.1, 0.15) is 27.5 Å². The first kappa shape index (κ1) is 24.7. The lowest BCUT2D eigenvalue weighted by atomic mass is 9.99. The monoisotopic (exact) mass is 522 g/mol. The molecule has 4 rings (SSSR count). The number of nitro groups is 2. The summed E-state index contributed by atoms with van der Waals surface area (Å²) in [4.78, 5) is 20.6. The fourth-order valence-corrected chi connectivity index (χ4v) is 3.74. The maximum Gasteiger partial charge on any atom is 0.269 e. The van der Waals surface area contributed by atoms with Gasteiger partial charge in [0.25, 0.3) is 11.4 Å². The summed E-state index contributed by atoms with van der Waals surface area (Å²) < 4.78 is 11.6. The number of nitrogens with zero attached hydrogens (tertiary/aromatic N) is 2. The van der Waals surface area contributed by atoms with E-state index in [1.807, 2.05) is 0 Å². The summed E-state index contributed by atoms with van der Waals surface area (Å²) in [6, 6.07) is 25.7. The molecule has 0 amide bonds. The molecule has 10 heteroatoms.